The lowest BCUT2D eigenvalue weighted by Crippen LogP contribution is -2.10. The number of hydrogen-bond acceptors (Lipinski definition) is 2. The Labute approximate surface area is 124 Å². The van der Waals surface area contributed by atoms with Crippen LogP contribution in [0.2, 0.25) is 0 Å². The minimum atomic E-state index is -4.60. The minimum absolute atomic E-state index is 0.130. The summed E-state index contributed by atoms with van der Waals surface area (Å²) in [5.41, 5.74) is -1.57. The molecule has 2 rings (SSSR count). The Balaban J connectivity index is 2.29. The molecule has 0 aliphatic rings. The number of halogens is 5. The highest BCUT2D eigenvalue weighted by molar-refractivity contribution is 9.11. The molecule has 2 aromatic rings. The molecule has 20 heavy (non-hydrogen) atoms. The van der Waals surface area contributed by atoms with Gasteiger partial charge in [0.2, 0.25) is 0 Å². The Bertz CT molecular complexity index is 648. The Morgan fingerprint density at radius 3 is 2.45 bits per heavy atom. The van der Waals surface area contributed by atoms with Crippen LogP contribution in [0.3, 0.4) is 0 Å². The number of Topliss-reactive ketones (excluding diaryl/α,β-unsaturated/α-hetero) is 1. The van der Waals surface area contributed by atoms with E-state index in [2.05, 4.69) is 15.9 Å². The highest BCUT2D eigenvalue weighted by atomic mass is 79.9. The van der Waals surface area contributed by atoms with Crippen molar-refractivity contribution >= 4 is 33.0 Å². The average molecular weight is 367 g/mol. The van der Waals surface area contributed by atoms with Crippen molar-refractivity contribution in [2.24, 2.45) is 0 Å². The molecule has 0 bridgehead atoms. The first kappa shape index (κ1) is 15.2. The van der Waals surface area contributed by atoms with Crippen LogP contribution in [-0.4, -0.2) is 5.78 Å². The van der Waals surface area contributed by atoms with E-state index in [1.807, 2.05) is 0 Å². The molecule has 1 aromatic carbocycles. The quantitative estimate of drug-likeness (QED) is 0.545. The smallest absolute Gasteiger partial charge is 0.294 e. The monoisotopic (exact) mass is 366 g/mol. The second-order valence-corrected chi connectivity index (χ2v) is 6.55. The molecule has 0 N–H and O–H groups in total. The van der Waals surface area contributed by atoms with E-state index in [0.717, 1.165) is 3.79 Å². The van der Waals surface area contributed by atoms with Crippen molar-refractivity contribution in [3.05, 3.63) is 55.9 Å². The molecule has 0 spiro atoms. The third-order valence-corrected chi connectivity index (χ3v) is 4.18. The van der Waals surface area contributed by atoms with Gasteiger partial charge in [-0.2, -0.15) is 13.2 Å². The van der Waals surface area contributed by atoms with Crippen LogP contribution >= 0.6 is 27.3 Å². The summed E-state index contributed by atoms with van der Waals surface area (Å²) in [6, 6.07) is 5.22. The van der Waals surface area contributed by atoms with Gasteiger partial charge < -0.3 is 0 Å². The summed E-state index contributed by atoms with van der Waals surface area (Å²) >= 11 is 4.49. The van der Waals surface area contributed by atoms with E-state index in [0.29, 0.717) is 23.1 Å². The van der Waals surface area contributed by atoms with Crippen molar-refractivity contribution in [3.63, 3.8) is 0 Å². The first-order valence-corrected chi connectivity index (χ1v) is 7.02. The van der Waals surface area contributed by atoms with Gasteiger partial charge in [-0.25, -0.2) is 4.39 Å². The lowest BCUT2D eigenvalue weighted by Gasteiger charge is -2.09. The fourth-order valence-corrected chi connectivity index (χ4v) is 3.10. The average Bonchev–Trinajstić information content (AvgIpc) is 2.73. The van der Waals surface area contributed by atoms with Gasteiger partial charge in [-0.15, -0.1) is 11.3 Å². The van der Waals surface area contributed by atoms with Crippen LogP contribution in [0.4, 0.5) is 17.6 Å². The molecule has 0 fully saturated rings. The normalized spacial score (nSPS) is 11.7. The Morgan fingerprint density at radius 2 is 1.90 bits per heavy atom. The van der Waals surface area contributed by atoms with Gasteiger partial charge in [0.05, 0.1) is 14.9 Å². The van der Waals surface area contributed by atoms with E-state index in [4.69, 9.17) is 0 Å². The molecule has 7 heteroatoms. The van der Waals surface area contributed by atoms with Crippen LogP contribution in [0.25, 0.3) is 0 Å². The number of thiophene rings is 1. The standard InChI is InChI=1S/C13H7BrF4OS/c14-12-4-2-8(20-12)6-11(19)9-5-7(13(16,17)18)1-3-10(9)15/h1-5H,6H2. The number of carbonyl (C=O) groups excluding carboxylic acids is 1. The van der Waals surface area contributed by atoms with Crippen LogP contribution in [0, 0.1) is 5.82 Å². The molecule has 1 nitrogen and oxygen atoms in total. The zero-order valence-electron chi connectivity index (χ0n) is 9.80. The first-order chi connectivity index (χ1) is 9.27. The maximum absolute atomic E-state index is 13.5. The fraction of sp³-hybridized carbons (Fsp3) is 0.154. The maximum atomic E-state index is 13.5. The van der Waals surface area contributed by atoms with Crippen molar-refractivity contribution in [1.29, 1.82) is 0 Å². The Morgan fingerprint density at radius 1 is 1.20 bits per heavy atom. The summed E-state index contributed by atoms with van der Waals surface area (Å²) in [6.45, 7) is 0. The third kappa shape index (κ3) is 3.46. The SMILES string of the molecule is O=C(Cc1ccc(Br)s1)c1cc(C(F)(F)F)ccc1F. The van der Waals surface area contributed by atoms with Crippen LogP contribution in [0.1, 0.15) is 20.8 Å². The van der Waals surface area contributed by atoms with Gasteiger partial charge in [0.25, 0.3) is 0 Å². The molecule has 0 unspecified atom stereocenters. The van der Waals surface area contributed by atoms with Crippen molar-refractivity contribution < 1.29 is 22.4 Å². The lowest BCUT2D eigenvalue weighted by molar-refractivity contribution is -0.137. The van der Waals surface area contributed by atoms with Gasteiger partial charge in [0.15, 0.2) is 5.78 Å². The van der Waals surface area contributed by atoms with Crippen LogP contribution in [0.15, 0.2) is 34.1 Å². The molecule has 0 aliphatic heterocycles. The molecule has 0 amide bonds. The predicted octanol–water partition coefficient (Wildman–Crippen LogP) is 5.09. The second kappa shape index (κ2) is 5.65. The van der Waals surface area contributed by atoms with Gasteiger partial charge in [-0.3, -0.25) is 4.79 Å². The molecule has 0 atom stereocenters. The van der Waals surface area contributed by atoms with Crippen LogP contribution < -0.4 is 0 Å². The van der Waals surface area contributed by atoms with Crippen molar-refractivity contribution in [2.45, 2.75) is 12.6 Å². The number of ketones is 1. The minimum Gasteiger partial charge on any atom is -0.294 e. The zero-order valence-corrected chi connectivity index (χ0v) is 12.2. The van der Waals surface area contributed by atoms with E-state index in [1.165, 1.54) is 11.3 Å². The molecular weight excluding hydrogens is 360 g/mol. The summed E-state index contributed by atoms with van der Waals surface area (Å²) in [4.78, 5) is 12.6. The van der Waals surface area contributed by atoms with E-state index in [1.54, 1.807) is 12.1 Å². The summed E-state index contributed by atoms with van der Waals surface area (Å²) in [5, 5.41) is 0. The van der Waals surface area contributed by atoms with Crippen molar-refractivity contribution in [3.8, 4) is 0 Å². The molecule has 0 saturated carbocycles. The zero-order chi connectivity index (χ0) is 14.9. The van der Waals surface area contributed by atoms with Crippen LogP contribution in [-0.2, 0) is 12.6 Å². The fourth-order valence-electron chi connectivity index (χ4n) is 1.62. The molecule has 0 radical (unpaired) electrons. The van der Waals surface area contributed by atoms with Gasteiger partial charge in [-0.05, 0) is 46.3 Å². The highest BCUT2D eigenvalue weighted by Gasteiger charge is 2.31. The third-order valence-electron chi connectivity index (χ3n) is 2.56. The van der Waals surface area contributed by atoms with E-state index in [-0.39, 0.29) is 6.42 Å². The topological polar surface area (TPSA) is 17.1 Å². The van der Waals surface area contributed by atoms with Gasteiger partial charge >= 0.3 is 6.18 Å². The summed E-state index contributed by atoms with van der Waals surface area (Å²) in [7, 11) is 0. The number of rotatable bonds is 3. The summed E-state index contributed by atoms with van der Waals surface area (Å²) < 4.78 is 52.0. The largest absolute Gasteiger partial charge is 0.416 e. The second-order valence-electron chi connectivity index (χ2n) is 4.00. The van der Waals surface area contributed by atoms with E-state index in [9.17, 15) is 22.4 Å². The van der Waals surface area contributed by atoms with E-state index >= 15 is 0 Å². The van der Waals surface area contributed by atoms with Gasteiger partial charge in [0.1, 0.15) is 5.82 Å². The maximum Gasteiger partial charge on any atom is 0.416 e. The summed E-state index contributed by atoms with van der Waals surface area (Å²) in [5.74, 6) is -1.62. The number of alkyl halides is 3. The number of hydrogen-bond donors (Lipinski definition) is 0. The van der Waals surface area contributed by atoms with Crippen molar-refractivity contribution in [2.75, 3.05) is 0 Å². The lowest BCUT2D eigenvalue weighted by atomic mass is 10.0. The summed E-state index contributed by atoms with van der Waals surface area (Å²) in [6.07, 6.45) is -4.73. The molecule has 0 saturated heterocycles. The Kier molecular flexibility index (Phi) is 4.29. The molecule has 0 aliphatic carbocycles. The highest BCUT2D eigenvalue weighted by Crippen LogP contribution is 2.31. The predicted molar refractivity (Wildman–Crippen MR) is 71.5 cm³/mol. The van der Waals surface area contributed by atoms with Gasteiger partial charge in [0, 0.05) is 11.3 Å². The van der Waals surface area contributed by atoms with Gasteiger partial charge in [-0.1, -0.05) is 0 Å². The van der Waals surface area contributed by atoms with E-state index < -0.39 is 28.9 Å². The Hall–Kier alpha value is -1.21. The first-order valence-electron chi connectivity index (χ1n) is 5.41. The molecule has 1 aromatic heterocycles. The molecular formula is C13H7BrF4OS. The van der Waals surface area contributed by atoms with Crippen molar-refractivity contribution in [1.82, 2.24) is 0 Å². The molecule has 1 heterocycles. The van der Waals surface area contributed by atoms with Crippen LogP contribution in [0.5, 0.6) is 0 Å². The molecule has 106 valence electrons. The number of benzene rings is 1. The number of carbonyl (C=O) groups is 1.